The average molecular weight is 319 g/mol. The molecule has 9 heteroatoms. The molecule has 0 radical (unpaired) electrons. The SMILES string of the molecule is CN1C[C@H](NC(=O)c2ccc(C(N)=O)o2)CC[C@H]1C(F)(F)F. The van der Waals surface area contributed by atoms with E-state index in [9.17, 15) is 22.8 Å². The maximum absolute atomic E-state index is 12.7. The first-order valence-corrected chi connectivity index (χ1v) is 6.66. The highest BCUT2D eigenvalue weighted by molar-refractivity contribution is 5.95. The molecule has 0 bridgehead atoms. The smallest absolute Gasteiger partial charge is 0.404 e. The Balaban J connectivity index is 1.94. The molecule has 0 aromatic carbocycles. The summed E-state index contributed by atoms with van der Waals surface area (Å²) in [6.07, 6.45) is -4.15. The van der Waals surface area contributed by atoms with Gasteiger partial charge in [0.2, 0.25) is 0 Å². The fraction of sp³-hybridized carbons (Fsp3) is 0.538. The molecule has 1 aliphatic rings. The Morgan fingerprint density at radius 3 is 2.45 bits per heavy atom. The molecular formula is C13H16F3N3O3. The van der Waals surface area contributed by atoms with Gasteiger partial charge in [-0.2, -0.15) is 13.2 Å². The van der Waals surface area contributed by atoms with Crippen LogP contribution in [-0.4, -0.2) is 48.6 Å². The number of carbonyl (C=O) groups excluding carboxylic acids is 2. The molecule has 1 aromatic heterocycles. The van der Waals surface area contributed by atoms with Gasteiger partial charge in [0.15, 0.2) is 11.5 Å². The van der Waals surface area contributed by atoms with E-state index in [1.54, 1.807) is 0 Å². The number of hydrogen-bond donors (Lipinski definition) is 2. The number of halogens is 3. The van der Waals surface area contributed by atoms with Crippen molar-refractivity contribution in [3.63, 3.8) is 0 Å². The summed E-state index contributed by atoms with van der Waals surface area (Å²) in [6, 6.07) is 0.647. The number of nitrogens with zero attached hydrogens (tertiary/aromatic N) is 1. The zero-order chi connectivity index (χ0) is 16.5. The normalized spacial score (nSPS) is 23.3. The van der Waals surface area contributed by atoms with Crippen LogP contribution in [0.25, 0.3) is 0 Å². The molecule has 0 spiro atoms. The lowest BCUT2D eigenvalue weighted by molar-refractivity contribution is -0.188. The standard InChI is InChI=1S/C13H16F3N3O3/c1-19-6-7(2-5-10(19)13(14,15)16)18-12(21)9-4-3-8(22-9)11(17)20/h3-4,7,10H,2,5-6H2,1H3,(H2,17,20)(H,18,21)/t7-,10+/m1/s1. The predicted molar refractivity (Wildman–Crippen MR) is 70.2 cm³/mol. The second kappa shape index (κ2) is 5.99. The Labute approximate surface area is 124 Å². The summed E-state index contributed by atoms with van der Waals surface area (Å²) in [5.41, 5.74) is 5.01. The number of furan rings is 1. The van der Waals surface area contributed by atoms with Crippen LogP contribution in [0.5, 0.6) is 0 Å². The highest BCUT2D eigenvalue weighted by Gasteiger charge is 2.44. The number of hydrogen-bond acceptors (Lipinski definition) is 4. The number of piperidine rings is 1. The summed E-state index contributed by atoms with van der Waals surface area (Å²) in [5, 5.41) is 2.60. The van der Waals surface area contributed by atoms with Crippen molar-refractivity contribution in [2.45, 2.75) is 31.1 Å². The Bertz CT molecular complexity index is 570. The summed E-state index contributed by atoms with van der Waals surface area (Å²) < 4.78 is 43.2. The van der Waals surface area contributed by atoms with Gasteiger partial charge in [0, 0.05) is 12.6 Å². The van der Waals surface area contributed by atoms with Crippen LogP contribution >= 0.6 is 0 Å². The summed E-state index contributed by atoms with van der Waals surface area (Å²) in [6.45, 7) is 0.0826. The topological polar surface area (TPSA) is 88.6 Å². The van der Waals surface area contributed by atoms with Crippen molar-refractivity contribution < 1.29 is 27.2 Å². The van der Waals surface area contributed by atoms with E-state index >= 15 is 0 Å². The summed E-state index contributed by atoms with van der Waals surface area (Å²) in [7, 11) is 1.37. The van der Waals surface area contributed by atoms with E-state index in [0.29, 0.717) is 0 Å². The minimum Gasteiger partial charge on any atom is -0.446 e. The summed E-state index contributed by atoms with van der Waals surface area (Å²) in [5.74, 6) is -1.64. The molecule has 0 aliphatic carbocycles. The Morgan fingerprint density at radius 1 is 1.32 bits per heavy atom. The zero-order valence-electron chi connectivity index (χ0n) is 11.8. The van der Waals surface area contributed by atoms with Gasteiger partial charge < -0.3 is 15.5 Å². The van der Waals surface area contributed by atoms with Crippen molar-refractivity contribution >= 4 is 11.8 Å². The minimum absolute atomic E-state index is 0.0826. The average Bonchev–Trinajstić information content (AvgIpc) is 2.86. The van der Waals surface area contributed by atoms with E-state index in [1.165, 1.54) is 24.1 Å². The lowest BCUT2D eigenvalue weighted by Gasteiger charge is -2.38. The number of nitrogens with one attached hydrogen (secondary N) is 1. The molecule has 122 valence electrons. The number of likely N-dealkylation sites (tertiary alicyclic amines) is 1. The molecule has 3 N–H and O–H groups in total. The Morgan fingerprint density at radius 2 is 1.95 bits per heavy atom. The van der Waals surface area contributed by atoms with Crippen LogP contribution in [-0.2, 0) is 0 Å². The number of carbonyl (C=O) groups is 2. The van der Waals surface area contributed by atoms with Crippen LogP contribution in [0.3, 0.4) is 0 Å². The Hall–Kier alpha value is -2.03. The molecule has 1 saturated heterocycles. The number of amides is 2. The molecule has 2 atom stereocenters. The van der Waals surface area contributed by atoms with Gasteiger partial charge >= 0.3 is 6.18 Å². The van der Waals surface area contributed by atoms with Crippen molar-refractivity contribution in [2.75, 3.05) is 13.6 Å². The highest BCUT2D eigenvalue weighted by Crippen LogP contribution is 2.30. The lowest BCUT2D eigenvalue weighted by Crippen LogP contribution is -2.54. The predicted octanol–water partition coefficient (Wildman–Crippen LogP) is 1.13. The fourth-order valence-electron chi connectivity index (χ4n) is 2.53. The third-order valence-corrected chi connectivity index (χ3v) is 3.61. The maximum Gasteiger partial charge on any atom is 0.404 e. The van der Waals surface area contributed by atoms with Crippen LogP contribution in [0.2, 0.25) is 0 Å². The van der Waals surface area contributed by atoms with Crippen molar-refractivity contribution in [1.29, 1.82) is 0 Å². The molecule has 0 unspecified atom stereocenters. The molecule has 1 aliphatic heterocycles. The number of alkyl halides is 3. The molecule has 2 heterocycles. The largest absolute Gasteiger partial charge is 0.446 e. The number of nitrogens with two attached hydrogens (primary N) is 1. The quantitative estimate of drug-likeness (QED) is 0.874. The van der Waals surface area contributed by atoms with Crippen molar-refractivity contribution in [3.05, 3.63) is 23.7 Å². The molecule has 2 rings (SSSR count). The Kier molecular flexibility index (Phi) is 4.45. The first kappa shape index (κ1) is 16.3. The second-order valence-electron chi connectivity index (χ2n) is 5.27. The van der Waals surface area contributed by atoms with Gasteiger partial charge in [-0.05, 0) is 32.0 Å². The monoisotopic (exact) mass is 319 g/mol. The number of rotatable bonds is 3. The molecule has 0 saturated carbocycles. The molecule has 22 heavy (non-hydrogen) atoms. The van der Waals surface area contributed by atoms with Crippen LogP contribution in [0.4, 0.5) is 13.2 Å². The van der Waals surface area contributed by atoms with E-state index in [1.807, 2.05) is 0 Å². The summed E-state index contributed by atoms with van der Waals surface area (Å²) >= 11 is 0. The molecular weight excluding hydrogens is 303 g/mol. The van der Waals surface area contributed by atoms with E-state index < -0.39 is 30.1 Å². The summed E-state index contributed by atoms with van der Waals surface area (Å²) in [4.78, 5) is 24.0. The van der Waals surface area contributed by atoms with Gasteiger partial charge in [-0.3, -0.25) is 14.5 Å². The van der Waals surface area contributed by atoms with Gasteiger partial charge in [0.05, 0.1) is 0 Å². The lowest BCUT2D eigenvalue weighted by atomic mass is 9.98. The fourth-order valence-corrected chi connectivity index (χ4v) is 2.53. The van der Waals surface area contributed by atoms with Gasteiger partial charge in [0.1, 0.15) is 6.04 Å². The second-order valence-corrected chi connectivity index (χ2v) is 5.27. The third kappa shape index (κ3) is 3.59. The maximum atomic E-state index is 12.7. The van der Waals surface area contributed by atoms with Gasteiger partial charge in [-0.25, -0.2) is 0 Å². The van der Waals surface area contributed by atoms with Crippen LogP contribution in [0, 0.1) is 0 Å². The van der Waals surface area contributed by atoms with E-state index in [2.05, 4.69) is 5.32 Å². The van der Waals surface area contributed by atoms with E-state index in [0.717, 1.165) is 0 Å². The van der Waals surface area contributed by atoms with Crippen molar-refractivity contribution in [2.24, 2.45) is 5.73 Å². The molecule has 6 nitrogen and oxygen atoms in total. The van der Waals surface area contributed by atoms with Gasteiger partial charge in [-0.1, -0.05) is 0 Å². The molecule has 2 amide bonds. The highest BCUT2D eigenvalue weighted by atomic mass is 19.4. The van der Waals surface area contributed by atoms with Gasteiger partial charge in [-0.15, -0.1) is 0 Å². The first-order chi connectivity index (χ1) is 10.2. The molecule has 1 aromatic rings. The van der Waals surface area contributed by atoms with Crippen molar-refractivity contribution in [1.82, 2.24) is 10.2 Å². The minimum atomic E-state index is -4.28. The van der Waals surface area contributed by atoms with E-state index in [4.69, 9.17) is 10.2 Å². The van der Waals surface area contributed by atoms with Crippen molar-refractivity contribution in [3.8, 4) is 0 Å². The van der Waals surface area contributed by atoms with Gasteiger partial charge in [0.25, 0.3) is 11.8 Å². The number of primary amides is 1. The van der Waals surface area contributed by atoms with Crippen LogP contribution in [0.15, 0.2) is 16.5 Å². The number of likely N-dealkylation sites (N-methyl/N-ethyl adjacent to an activating group) is 1. The first-order valence-electron chi connectivity index (χ1n) is 6.66. The van der Waals surface area contributed by atoms with Crippen LogP contribution < -0.4 is 11.1 Å². The van der Waals surface area contributed by atoms with Crippen LogP contribution in [0.1, 0.15) is 34.0 Å². The van der Waals surface area contributed by atoms with E-state index in [-0.39, 0.29) is 30.9 Å². The molecule has 1 fully saturated rings. The third-order valence-electron chi connectivity index (χ3n) is 3.61. The zero-order valence-corrected chi connectivity index (χ0v) is 11.8.